The largest absolute Gasteiger partial charge is 0.497 e. The van der Waals surface area contributed by atoms with Gasteiger partial charge >= 0.3 is 0 Å². The first-order chi connectivity index (χ1) is 13.6. The molecule has 3 atom stereocenters. The molecule has 1 amide bonds. The standard InChI is InChI=1S/C23H31NO4Si/c1-23(2,3)29(5,6)28-21(16-10-8-7-9-11-16)19-20(25)22(26)24(19)17-12-14-18(27-4)15-13-17/h7-15,19-21,25H,1-6H3/t19-,20-,21-/m1/s1. The van der Waals surface area contributed by atoms with Gasteiger partial charge in [0.1, 0.15) is 11.8 Å². The molecule has 0 aromatic heterocycles. The van der Waals surface area contributed by atoms with Gasteiger partial charge in [-0.1, -0.05) is 51.1 Å². The van der Waals surface area contributed by atoms with E-state index in [4.69, 9.17) is 9.16 Å². The monoisotopic (exact) mass is 413 g/mol. The minimum absolute atomic E-state index is 0.00365. The van der Waals surface area contributed by atoms with Crippen LogP contribution in [-0.2, 0) is 9.22 Å². The van der Waals surface area contributed by atoms with Crippen molar-refractivity contribution in [2.45, 2.75) is 57.2 Å². The fraction of sp³-hybridized carbons (Fsp3) is 0.435. The lowest BCUT2D eigenvalue weighted by atomic mass is 9.88. The number of benzene rings is 2. The Hall–Kier alpha value is -2.15. The first-order valence-corrected chi connectivity index (χ1v) is 12.9. The van der Waals surface area contributed by atoms with E-state index in [0.717, 1.165) is 17.0 Å². The van der Waals surface area contributed by atoms with Crippen LogP contribution in [0.4, 0.5) is 5.69 Å². The van der Waals surface area contributed by atoms with Crippen molar-refractivity contribution < 1.29 is 19.1 Å². The number of amides is 1. The molecule has 0 bridgehead atoms. The molecule has 0 spiro atoms. The lowest BCUT2D eigenvalue weighted by molar-refractivity contribution is -0.140. The number of β-lactam (4-membered cyclic amide) rings is 1. The van der Waals surface area contributed by atoms with Gasteiger partial charge in [0.15, 0.2) is 14.4 Å². The molecular weight excluding hydrogens is 382 g/mol. The van der Waals surface area contributed by atoms with E-state index in [1.54, 1.807) is 12.0 Å². The number of hydrogen-bond donors (Lipinski definition) is 1. The summed E-state index contributed by atoms with van der Waals surface area (Å²) in [5.41, 5.74) is 1.69. The Labute approximate surface area is 174 Å². The van der Waals surface area contributed by atoms with Crippen molar-refractivity contribution in [1.29, 1.82) is 0 Å². The average molecular weight is 414 g/mol. The molecule has 6 heteroatoms. The third kappa shape index (κ3) is 4.10. The SMILES string of the molecule is COc1ccc(N2C(=O)[C@H](O)[C@@H]2[C@H](O[Si](C)(C)C(C)(C)C)c2ccccc2)cc1. The van der Waals surface area contributed by atoms with Crippen LogP contribution in [0, 0.1) is 0 Å². The van der Waals surface area contributed by atoms with Crippen LogP contribution in [0.1, 0.15) is 32.4 Å². The van der Waals surface area contributed by atoms with Crippen molar-refractivity contribution in [3.63, 3.8) is 0 Å². The van der Waals surface area contributed by atoms with Crippen LogP contribution in [-0.4, -0.2) is 38.6 Å². The van der Waals surface area contributed by atoms with Crippen molar-refractivity contribution in [2.75, 3.05) is 12.0 Å². The number of aliphatic hydroxyl groups is 1. The molecule has 1 fully saturated rings. The van der Waals surface area contributed by atoms with Gasteiger partial charge in [-0.05, 0) is 48.0 Å². The molecule has 2 aromatic carbocycles. The summed E-state index contributed by atoms with van der Waals surface area (Å²) in [5.74, 6) is 0.413. The van der Waals surface area contributed by atoms with Gasteiger partial charge in [-0.25, -0.2) is 0 Å². The Morgan fingerprint density at radius 2 is 1.62 bits per heavy atom. The molecular formula is C23H31NO4Si. The maximum atomic E-state index is 12.6. The predicted octanol–water partition coefficient (Wildman–Crippen LogP) is 4.53. The van der Waals surface area contributed by atoms with Crippen LogP contribution in [0.15, 0.2) is 54.6 Å². The highest BCUT2D eigenvalue weighted by molar-refractivity contribution is 6.74. The quantitative estimate of drug-likeness (QED) is 0.558. The maximum absolute atomic E-state index is 12.6. The molecule has 0 radical (unpaired) electrons. The van der Waals surface area contributed by atoms with E-state index in [0.29, 0.717) is 0 Å². The van der Waals surface area contributed by atoms with Crippen molar-refractivity contribution in [3.05, 3.63) is 60.2 Å². The molecule has 0 aliphatic carbocycles. The molecule has 1 heterocycles. The Morgan fingerprint density at radius 1 is 1.03 bits per heavy atom. The summed E-state index contributed by atoms with van der Waals surface area (Å²) in [6.45, 7) is 10.9. The van der Waals surface area contributed by atoms with Crippen LogP contribution in [0.5, 0.6) is 5.75 Å². The van der Waals surface area contributed by atoms with E-state index >= 15 is 0 Å². The molecule has 0 unspecified atom stereocenters. The number of carbonyl (C=O) groups is 1. The Bertz CT molecular complexity index is 845. The van der Waals surface area contributed by atoms with Gasteiger partial charge in [0.2, 0.25) is 0 Å². The average Bonchev–Trinajstić information content (AvgIpc) is 2.70. The number of methoxy groups -OCH3 is 1. The highest BCUT2D eigenvalue weighted by Gasteiger charge is 2.54. The van der Waals surface area contributed by atoms with Crippen LogP contribution in [0.2, 0.25) is 18.1 Å². The van der Waals surface area contributed by atoms with Gasteiger partial charge in [-0.15, -0.1) is 0 Å². The predicted molar refractivity (Wildman–Crippen MR) is 118 cm³/mol. The van der Waals surface area contributed by atoms with Gasteiger partial charge < -0.3 is 19.2 Å². The highest BCUT2D eigenvalue weighted by atomic mass is 28.4. The fourth-order valence-electron chi connectivity index (χ4n) is 3.31. The zero-order valence-corrected chi connectivity index (χ0v) is 19.0. The Morgan fingerprint density at radius 3 is 2.14 bits per heavy atom. The maximum Gasteiger partial charge on any atom is 0.258 e. The van der Waals surface area contributed by atoms with Crippen LogP contribution in [0.25, 0.3) is 0 Å². The number of nitrogens with zero attached hydrogens (tertiary/aromatic N) is 1. The molecule has 29 heavy (non-hydrogen) atoms. The second kappa shape index (κ2) is 7.93. The summed E-state index contributed by atoms with van der Waals surface area (Å²) < 4.78 is 12.0. The van der Waals surface area contributed by atoms with E-state index in [1.165, 1.54) is 0 Å². The minimum atomic E-state index is -2.16. The molecule has 0 saturated carbocycles. The summed E-state index contributed by atoms with van der Waals surface area (Å²) in [6.07, 6.45) is -1.50. The smallest absolute Gasteiger partial charge is 0.258 e. The summed E-state index contributed by atoms with van der Waals surface area (Å²) >= 11 is 0. The molecule has 1 aliphatic rings. The van der Waals surface area contributed by atoms with E-state index in [2.05, 4.69) is 33.9 Å². The molecule has 156 valence electrons. The van der Waals surface area contributed by atoms with Crippen molar-refractivity contribution >= 4 is 19.9 Å². The number of aliphatic hydroxyl groups excluding tert-OH is 1. The third-order valence-corrected chi connectivity index (χ3v) is 10.6. The second-order valence-electron chi connectivity index (χ2n) is 9.05. The van der Waals surface area contributed by atoms with Crippen molar-refractivity contribution in [1.82, 2.24) is 0 Å². The first kappa shape index (κ1) is 21.6. The molecule has 1 aliphatic heterocycles. The van der Waals surface area contributed by atoms with E-state index < -0.39 is 26.6 Å². The summed E-state index contributed by atoms with van der Waals surface area (Å²) in [5, 5.41) is 10.7. The highest BCUT2D eigenvalue weighted by Crippen LogP contribution is 2.44. The van der Waals surface area contributed by atoms with Crippen molar-refractivity contribution in [2.24, 2.45) is 0 Å². The minimum Gasteiger partial charge on any atom is -0.497 e. The first-order valence-electron chi connectivity index (χ1n) is 9.95. The number of ether oxygens (including phenoxy) is 1. The zero-order chi connectivity index (χ0) is 21.4. The summed E-state index contributed by atoms with van der Waals surface area (Å²) in [6, 6.07) is 16.7. The lowest BCUT2D eigenvalue weighted by Crippen LogP contribution is -2.68. The third-order valence-electron chi connectivity index (χ3n) is 6.13. The molecule has 1 N–H and O–H groups in total. The lowest BCUT2D eigenvalue weighted by Gasteiger charge is -2.51. The van der Waals surface area contributed by atoms with Gasteiger partial charge in [-0.2, -0.15) is 0 Å². The molecule has 5 nitrogen and oxygen atoms in total. The van der Waals surface area contributed by atoms with Gasteiger partial charge in [0.05, 0.1) is 13.2 Å². The summed E-state index contributed by atoms with van der Waals surface area (Å²) in [7, 11) is -0.556. The number of rotatable bonds is 6. The number of carbonyl (C=O) groups excluding carboxylic acids is 1. The van der Waals surface area contributed by atoms with Gasteiger partial charge in [-0.3, -0.25) is 4.79 Å². The molecule has 3 rings (SSSR count). The fourth-order valence-corrected chi connectivity index (χ4v) is 4.57. The molecule has 1 saturated heterocycles. The van der Waals surface area contributed by atoms with E-state index in [1.807, 2.05) is 54.6 Å². The van der Waals surface area contributed by atoms with Gasteiger partial charge in [0.25, 0.3) is 5.91 Å². The van der Waals surface area contributed by atoms with E-state index in [9.17, 15) is 9.90 Å². The Kier molecular flexibility index (Phi) is 5.90. The second-order valence-corrected chi connectivity index (χ2v) is 13.8. The number of anilines is 1. The van der Waals surface area contributed by atoms with Crippen LogP contribution >= 0.6 is 0 Å². The Balaban J connectivity index is 2.00. The van der Waals surface area contributed by atoms with Gasteiger partial charge in [0, 0.05) is 5.69 Å². The molecule has 2 aromatic rings. The van der Waals surface area contributed by atoms with Crippen molar-refractivity contribution in [3.8, 4) is 5.75 Å². The summed E-state index contributed by atoms with van der Waals surface area (Å²) in [4.78, 5) is 14.3. The zero-order valence-electron chi connectivity index (χ0n) is 18.0. The van der Waals surface area contributed by atoms with Crippen LogP contribution < -0.4 is 9.64 Å². The number of hydrogen-bond acceptors (Lipinski definition) is 4. The normalized spacial score (nSPS) is 20.9. The van der Waals surface area contributed by atoms with Crippen LogP contribution in [0.3, 0.4) is 0 Å². The topological polar surface area (TPSA) is 59.0 Å². The van der Waals surface area contributed by atoms with E-state index in [-0.39, 0.29) is 10.9 Å².